The molecule has 2 atom stereocenters. The molecule has 31 heavy (non-hydrogen) atoms. The third-order valence-corrected chi connectivity index (χ3v) is 7.29. The number of nitrogens with one attached hydrogen (secondary N) is 1. The molecule has 3 fully saturated rings. The van der Waals surface area contributed by atoms with Crippen molar-refractivity contribution in [2.45, 2.75) is 69.4 Å². The van der Waals surface area contributed by atoms with Gasteiger partial charge in [0.15, 0.2) is 0 Å². The van der Waals surface area contributed by atoms with Gasteiger partial charge in [-0.25, -0.2) is 4.79 Å². The summed E-state index contributed by atoms with van der Waals surface area (Å²) >= 11 is 0. The summed E-state index contributed by atoms with van der Waals surface area (Å²) in [6.45, 7) is 7.38. The molecule has 1 saturated heterocycles. The zero-order chi connectivity index (χ0) is 21.5. The monoisotopic (exact) mass is 426 g/mol. The molecule has 3 aliphatic rings. The molecule has 5 heteroatoms. The maximum absolute atomic E-state index is 13.1. The highest BCUT2D eigenvalue weighted by molar-refractivity contribution is 5.69. The highest BCUT2D eigenvalue weighted by Crippen LogP contribution is 2.46. The van der Waals surface area contributed by atoms with Gasteiger partial charge in [0, 0.05) is 23.9 Å². The van der Waals surface area contributed by atoms with Gasteiger partial charge in [0.25, 0.3) is 0 Å². The molecule has 2 aliphatic carbocycles. The minimum absolute atomic E-state index is 0.000274. The van der Waals surface area contributed by atoms with Crippen molar-refractivity contribution in [3.05, 3.63) is 48.6 Å². The average Bonchev–Trinajstić information content (AvgIpc) is 3.62. The fraction of sp³-hybridized carbons (Fsp3) is 0.654. The van der Waals surface area contributed by atoms with E-state index in [1.165, 1.54) is 37.7 Å². The summed E-state index contributed by atoms with van der Waals surface area (Å²) in [5.74, 6) is 0.399. The van der Waals surface area contributed by atoms with Crippen LogP contribution in [0.1, 0.15) is 62.8 Å². The second-order valence-electron chi connectivity index (χ2n) is 9.63. The van der Waals surface area contributed by atoms with Crippen LogP contribution in [0.2, 0.25) is 0 Å². The van der Waals surface area contributed by atoms with Crippen LogP contribution in [0.4, 0.5) is 4.79 Å². The molecule has 0 radical (unpaired) electrons. The second-order valence-corrected chi connectivity index (χ2v) is 9.63. The fourth-order valence-electron chi connectivity index (χ4n) is 5.31. The second kappa shape index (κ2) is 10.6. The summed E-state index contributed by atoms with van der Waals surface area (Å²) in [6.07, 6.45) is 11.1. The lowest BCUT2D eigenvalue weighted by Crippen LogP contribution is -2.50. The SMILES string of the molecule is C=CCOC(=O)N(CC1(COC2CCCCC2)CCNCC1)[C@@H]1C[C@H]1c1ccccc1. The summed E-state index contributed by atoms with van der Waals surface area (Å²) in [5, 5.41) is 3.49. The van der Waals surface area contributed by atoms with Crippen LogP contribution in [0.5, 0.6) is 0 Å². The zero-order valence-electron chi connectivity index (χ0n) is 18.8. The number of hydrogen-bond acceptors (Lipinski definition) is 4. The predicted molar refractivity (Wildman–Crippen MR) is 123 cm³/mol. The topological polar surface area (TPSA) is 50.8 Å². The largest absolute Gasteiger partial charge is 0.445 e. The van der Waals surface area contributed by atoms with Crippen LogP contribution in [0.3, 0.4) is 0 Å². The third-order valence-electron chi connectivity index (χ3n) is 7.29. The molecule has 0 bridgehead atoms. The lowest BCUT2D eigenvalue weighted by atomic mass is 9.79. The summed E-state index contributed by atoms with van der Waals surface area (Å²) in [4.78, 5) is 15.1. The van der Waals surface area contributed by atoms with E-state index in [1.54, 1.807) is 6.08 Å². The van der Waals surface area contributed by atoms with Gasteiger partial charge in [-0.15, -0.1) is 0 Å². The number of nitrogens with zero attached hydrogens (tertiary/aromatic N) is 1. The molecular formula is C26H38N2O3. The van der Waals surface area contributed by atoms with Gasteiger partial charge in [-0.1, -0.05) is 62.2 Å². The molecule has 1 aromatic carbocycles. The highest BCUT2D eigenvalue weighted by atomic mass is 16.6. The lowest BCUT2D eigenvalue weighted by molar-refractivity contribution is -0.0482. The van der Waals surface area contributed by atoms with Gasteiger partial charge in [0.1, 0.15) is 6.61 Å². The number of piperidine rings is 1. The third kappa shape index (κ3) is 5.89. The Bertz CT molecular complexity index is 711. The van der Waals surface area contributed by atoms with Crippen LogP contribution in [0.25, 0.3) is 0 Å². The number of carbonyl (C=O) groups is 1. The Morgan fingerprint density at radius 1 is 1.16 bits per heavy atom. The van der Waals surface area contributed by atoms with Crippen LogP contribution < -0.4 is 5.32 Å². The number of hydrogen-bond donors (Lipinski definition) is 1. The van der Waals surface area contributed by atoms with Gasteiger partial charge in [-0.3, -0.25) is 0 Å². The zero-order valence-corrected chi connectivity index (χ0v) is 18.8. The normalized spacial score (nSPS) is 25.5. The van der Waals surface area contributed by atoms with E-state index < -0.39 is 0 Å². The van der Waals surface area contributed by atoms with Gasteiger partial charge in [0.2, 0.25) is 0 Å². The van der Waals surface area contributed by atoms with Crippen molar-refractivity contribution in [3.63, 3.8) is 0 Å². The standard InChI is InChI=1S/C26H38N2O3/c1-2-17-30-25(29)28(24-18-23(24)21-9-5-3-6-10-21)19-26(13-15-27-16-14-26)20-31-22-11-7-4-8-12-22/h2-3,5-6,9-10,22-24,27H,1,4,7-8,11-20H2/t23-,24+/m0/s1. The van der Waals surface area contributed by atoms with Gasteiger partial charge in [-0.05, 0) is 50.8 Å². The first-order chi connectivity index (χ1) is 15.2. The van der Waals surface area contributed by atoms with E-state index in [-0.39, 0.29) is 24.2 Å². The molecule has 1 N–H and O–H groups in total. The van der Waals surface area contributed by atoms with Gasteiger partial charge >= 0.3 is 6.09 Å². The minimum Gasteiger partial charge on any atom is -0.445 e. The molecule has 4 rings (SSSR count). The Kier molecular flexibility index (Phi) is 7.67. The molecule has 170 valence electrons. The van der Waals surface area contributed by atoms with E-state index in [1.807, 2.05) is 11.0 Å². The molecule has 2 saturated carbocycles. The van der Waals surface area contributed by atoms with Gasteiger partial charge in [0.05, 0.1) is 12.7 Å². The van der Waals surface area contributed by atoms with Crippen molar-refractivity contribution < 1.29 is 14.3 Å². The Labute approximate surface area is 187 Å². The molecule has 1 heterocycles. The Morgan fingerprint density at radius 2 is 1.90 bits per heavy atom. The number of amides is 1. The Balaban J connectivity index is 1.47. The van der Waals surface area contributed by atoms with E-state index in [0.717, 1.165) is 39.0 Å². The Hall–Kier alpha value is -1.85. The first kappa shape index (κ1) is 22.3. The first-order valence-electron chi connectivity index (χ1n) is 12.1. The predicted octanol–water partition coefficient (Wildman–Crippen LogP) is 4.89. The van der Waals surface area contributed by atoms with Crippen LogP contribution in [0.15, 0.2) is 43.0 Å². The molecule has 0 spiro atoms. The summed E-state index contributed by atoms with van der Waals surface area (Å²) < 4.78 is 12.0. The highest BCUT2D eigenvalue weighted by Gasteiger charge is 2.48. The van der Waals surface area contributed by atoms with Crippen molar-refractivity contribution in [2.24, 2.45) is 5.41 Å². The van der Waals surface area contributed by atoms with Crippen molar-refractivity contribution >= 4 is 6.09 Å². The average molecular weight is 427 g/mol. The number of ether oxygens (including phenoxy) is 2. The smallest absolute Gasteiger partial charge is 0.410 e. The lowest BCUT2D eigenvalue weighted by Gasteiger charge is -2.42. The summed E-state index contributed by atoms with van der Waals surface area (Å²) in [6, 6.07) is 10.8. The van der Waals surface area contributed by atoms with E-state index in [4.69, 9.17) is 9.47 Å². The molecule has 0 aromatic heterocycles. The van der Waals surface area contributed by atoms with Crippen molar-refractivity contribution in [1.82, 2.24) is 10.2 Å². The van der Waals surface area contributed by atoms with Crippen molar-refractivity contribution in [1.29, 1.82) is 0 Å². The van der Waals surface area contributed by atoms with Crippen LogP contribution in [-0.2, 0) is 9.47 Å². The van der Waals surface area contributed by atoms with Crippen molar-refractivity contribution in [2.75, 3.05) is 32.8 Å². The Morgan fingerprint density at radius 3 is 2.61 bits per heavy atom. The summed E-state index contributed by atoms with van der Waals surface area (Å²) in [5.41, 5.74) is 1.31. The fourth-order valence-corrected chi connectivity index (χ4v) is 5.31. The van der Waals surface area contributed by atoms with E-state index in [9.17, 15) is 4.79 Å². The van der Waals surface area contributed by atoms with E-state index >= 15 is 0 Å². The van der Waals surface area contributed by atoms with E-state index in [2.05, 4.69) is 36.2 Å². The van der Waals surface area contributed by atoms with Gasteiger partial charge in [-0.2, -0.15) is 0 Å². The minimum atomic E-state index is -0.209. The van der Waals surface area contributed by atoms with Gasteiger partial charge < -0.3 is 19.7 Å². The first-order valence-corrected chi connectivity index (χ1v) is 12.1. The quantitative estimate of drug-likeness (QED) is 0.572. The van der Waals surface area contributed by atoms with Crippen LogP contribution >= 0.6 is 0 Å². The maximum atomic E-state index is 13.1. The van der Waals surface area contributed by atoms with Crippen LogP contribution in [0, 0.1) is 5.41 Å². The number of rotatable bonds is 9. The summed E-state index contributed by atoms with van der Waals surface area (Å²) in [7, 11) is 0. The number of benzene rings is 1. The van der Waals surface area contributed by atoms with Crippen molar-refractivity contribution in [3.8, 4) is 0 Å². The maximum Gasteiger partial charge on any atom is 0.410 e. The molecule has 1 aliphatic heterocycles. The molecule has 1 aromatic rings. The van der Waals surface area contributed by atoms with Crippen LogP contribution in [-0.4, -0.2) is 56.0 Å². The molecular weight excluding hydrogens is 388 g/mol. The number of carbonyl (C=O) groups excluding carboxylic acids is 1. The van der Waals surface area contributed by atoms with E-state index in [0.29, 0.717) is 18.6 Å². The molecule has 5 nitrogen and oxygen atoms in total. The molecule has 1 amide bonds. The molecule has 0 unspecified atom stereocenters.